The third-order valence-electron chi connectivity index (χ3n) is 9.62. The molecule has 1 unspecified atom stereocenters. The highest BCUT2D eigenvalue weighted by molar-refractivity contribution is 6.23. The zero-order valence-corrected chi connectivity index (χ0v) is 30.4. The predicted octanol–water partition coefficient (Wildman–Crippen LogP) is 15.0. The van der Waals surface area contributed by atoms with E-state index in [2.05, 4.69) is 13.8 Å². The van der Waals surface area contributed by atoms with E-state index in [0.717, 1.165) is 19.3 Å². The average Bonchev–Trinajstić information content (AvgIpc) is 2.96. The molecule has 0 aliphatic carbocycles. The van der Waals surface area contributed by atoms with Crippen molar-refractivity contribution >= 4 is 11.6 Å². The van der Waals surface area contributed by atoms with Crippen molar-refractivity contribution in [2.24, 2.45) is 0 Å². The molecule has 254 valence electrons. The molecular weight excluding hydrogens is 532 g/mol. The van der Waals surface area contributed by atoms with Gasteiger partial charge in [-0.3, -0.25) is 0 Å². The lowest BCUT2D eigenvalue weighted by molar-refractivity contribution is 0.160. The van der Waals surface area contributed by atoms with Gasteiger partial charge in [-0.05, 0) is 26.2 Å². The molecule has 0 amide bonds. The Bertz CT molecular complexity index is 454. The van der Waals surface area contributed by atoms with Crippen LogP contribution in [0.15, 0.2) is 0 Å². The third-order valence-corrected chi connectivity index (χ3v) is 10.2. The van der Waals surface area contributed by atoms with Crippen molar-refractivity contribution in [3.63, 3.8) is 0 Å². The van der Waals surface area contributed by atoms with Gasteiger partial charge in [-0.2, -0.15) is 0 Å². The second-order valence-electron chi connectivity index (χ2n) is 14.3. The largest absolute Gasteiger partial charge is 0.393 e. The summed E-state index contributed by atoms with van der Waals surface area (Å²) in [5, 5.41) is 10.1. The molecule has 0 spiro atoms. The van der Waals surface area contributed by atoms with Gasteiger partial charge in [-0.25, -0.2) is 0 Å². The van der Waals surface area contributed by atoms with E-state index in [1.807, 2.05) is 6.92 Å². The summed E-state index contributed by atoms with van der Waals surface area (Å²) in [5.41, 5.74) is 0. The van der Waals surface area contributed by atoms with Crippen LogP contribution in [0.2, 0.25) is 0 Å². The van der Waals surface area contributed by atoms with Gasteiger partial charge in [-0.1, -0.05) is 219 Å². The predicted molar refractivity (Wildman–Crippen MR) is 193 cm³/mol. The van der Waals surface area contributed by atoms with Gasteiger partial charge in [0.2, 0.25) is 0 Å². The van der Waals surface area contributed by atoms with E-state index < -0.39 is 0 Å². The van der Waals surface area contributed by atoms with Crippen molar-refractivity contribution in [2.75, 3.05) is 0 Å². The molecule has 0 fully saturated rings. The third kappa shape index (κ3) is 33.1. The summed E-state index contributed by atoms with van der Waals surface area (Å²) < 4.78 is 0. The Kier molecular flexibility index (Phi) is 34.3. The highest BCUT2D eigenvalue weighted by Crippen LogP contribution is 2.34. The van der Waals surface area contributed by atoms with Gasteiger partial charge < -0.3 is 5.11 Å². The lowest BCUT2D eigenvalue weighted by atomic mass is 9.88. The van der Waals surface area contributed by atoms with Crippen LogP contribution >= 0.6 is 11.6 Å². The first-order chi connectivity index (χ1) is 20.5. The fourth-order valence-corrected chi connectivity index (χ4v) is 7.33. The van der Waals surface area contributed by atoms with Crippen LogP contribution in [-0.4, -0.2) is 16.1 Å². The molecule has 1 nitrogen and oxygen atoms in total. The molecule has 1 atom stereocenters. The summed E-state index contributed by atoms with van der Waals surface area (Å²) >= 11 is 7.10. The van der Waals surface area contributed by atoms with Gasteiger partial charge in [0, 0.05) is 4.87 Å². The first-order valence-corrected chi connectivity index (χ1v) is 20.3. The highest BCUT2D eigenvalue weighted by Gasteiger charge is 2.27. The maximum atomic E-state index is 10.1. The zero-order valence-electron chi connectivity index (χ0n) is 29.7. The molecule has 0 aromatic heterocycles. The SMILES string of the molecule is CCCCCCCCCCCCCCCCCCC(Cl)(CCCCCCCCCCCCCCCCCC)CC(C)O. The normalized spacial score (nSPS) is 12.8. The molecule has 0 aromatic rings. The zero-order chi connectivity index (χ0) is 30.8. The van der Waals surface area contributed by atoms with Crippen LogP contribution in [0.1, 0.15) is 245 Å². The van der Waals surface area contributed by atoms with Gasteiger partial charge in [0.15, 0.2) is 0 Å². The van der Waals surface area contributed by atoms with Crippen molar-refractivity contribution in [2.45, 2.75) is 256 Å². The number of halogens is 1. The Morgan fingerprint density at radius 2 is 0.571 bits per heavy atom. The molecule has 0 heterocycles. The first-order valence-electron chi connectivity index (χ1n) is 19.9. The summed E-state index contributed by atoms with van der Waals surface area (Å²) in [7, 11) is 0. The fourth-order valence-electron chi connectivity index (χ4n) is 6.84. The Labute approximate surface area is 272 Å². The van der Waals surface area contributed by atoms with E-state index in [-0.39, 0.29) is 11.0 Å². The lowest BCUT2D eigenvalue weighted by Crippen LogP contribution is -2.26. The summed E-state index contributed by atoms with van der Waals surface area (Å²) in [6.07, 6.45) is 47.7. The molecule has 0 aliphatic heterocycles. The van der Waals surface area contributed by atoms with E-state index in [4.69, 9.17) is 11.6 Å². The summed E-state index contributed by atoms with van der Waals surface area (Å²) in [4.78, 5) is -0.180. The van der Waals surface area contributed by atoms with Crippen molar-refractivity contribution in [3.05, 3.63) is 0 Å². The van der Waals surface area contributed by atoms with Crippen LogP contribution in [-0.2, 0) is 0 Å². The van der Waals surface area contributed by atoms with Crippen LogP contribution < -0.4 is 0 Å². The smallest absolute Gasteiger partial charge is 0.0528 e. The standard InChI is InChI=1S/C40H81ClO/c1-4-6-8-10-12-14-16-18-20-22-24-26-28-30-32-34-36-40(41,38-39(3)42)37-35-33-31-29-27-25-23-21-19-17-15-13-11-9-7-5-2/h39,42H,4-38H2,1-3H3. The monoisotopic (exact) mass is 613 g/mol. The number of aliphatic hydroxyl groups excluding tert-OH is 1. The molecular formula is C40H81ClO. The number of hydrogen-bond donors (Lipinski definition) is 1. The maximum absolute atomic E-state index is 10.1. The minimum absolute atomic E-state index is 0.180. The van der Waals surface area contributed by atoms with Gasteiger partial charge in [0.05, 0.1) is 6.10 Å². The number of unbranched alkanes of at least 4 members (excludes halogenated alkanes) is 30. The molecule has 0 rings (SSSR count). The second kappa shape index (κ2) is 34.1. The van der Waals surface area contributed by atoms with Gasteiger partial charge in [0.25, 0.3) is 0 Å². The minimum atomic E-state index is -0.287. The van der Waals surface area contributed by atoms with Crippen LogP contribution in [0.3, 0.4) is 0 Å². The van der Waals surface area contributed by atoms with E-state index in [9.17, 15) is 5.11 Å². The van der Waals surface area contributed by atoms with Crippen molar-refractivity contribution in [1.82, 2.24) is 0 Å². The van der Waals surface area contributed by atoms with Crippen molar-refractivity contribution < 1.29 is 5.11 Å². The molecule has 0 aliphatic rings. The van der Waals surface area contributed by atoms with Gasteiger partial charge in [-0.15, -0.1) is 11.6 Å². The number of hydrogen-bond acceptors (Lipinski definition) is 1. The van der Waals surface area contributed by atoms with Crippen LogP contribution in [0.4, 0.5) is 0 Å². The van der Waals surface area contributed by atoms with Gasteiger partial charge >= 0.3 is 0 Å². The van der Waals surface area contributed by atoms with E-state index in [0.29, 0.717) is 0 Å². The molecule has 0 saturated heterocycles. The van der Waals surface area contributed by atoms with E-state index >= 15 is 0 Å². The van der Waals surface area contributed by atoms with Crippen LogP contribution in [0.5, 0.6) is 0 Å². The van der Waals surface area contributed by atoms with Gasteiger partial charge in [0.1, 0.15) is 0 Å². The molecule has 42 heavy (non-hydrogen) atoms. The Morgan fingerprint density at radius 1 is 0.381 bits per heavy atom. The van der Waals surface area contributed by atoms with Crippen molar-refractivity contribution in [1.29, 1.82) is 0 Å². The van der Waals surface area contributed by atoms with Crippen LogP contribution in [0, 0.1) is 0 Å². The lowest BCUT2D eigenvalue weighted by Gasteiger charge is -2.28. The summed E-state index contributed by atoms with van der Waals surface area (Å²) in [6, 6.07) is 0. The quantitative estimate of drug-likeness (QED) is 0.0551. The average molecular weight is 614 g/mol. The van der Waals surface area contributed by atoms with Crippen molar-refractivity contribution in [3.8, 4) is 0 Å². The van der Waals surface area contributed by atoms with E-state index in [1.165, 1.54) is 205 Å². The topological polar surface area (TPSA) is 20.2 Å². The summed E-state index contributed by atoms with van der Waals surface area (Å²) in [5.74, 6) is 0. The molecule has 0 aromatic carbocycles. The number of rotatable bonds is 36. The molecule has 0 radical (unpaired) electrons. The number of aliphatic hydroxyl groups is 1. The fraction of sp³-hybridized carbons (Fsp3) is 1.00. The first kappa shape index (κ1) is 42.2. The van der Waals surface area contributed by atoms with E-state index in [1.54, 1.807) is 0 Å². The molecule has 0 saturated carbocycles. The minimum Gasteiger partial charge on any atom is -0.393 e. The Morgan fingerprint density at radius 3 is 0.762 bits per heavy atom. The molecule has 1 N–H and O–H groups in total. The van der Waals surface area contributed by atoms with Crippen LogP contribution in [0.25, 0.3) is 0 Å². The number of alkyl halides is 1. The molecule has 0 bridgehead atoms. The Hall–Kier alpha value is 0.250. The second-order valence-corrected chi connectivity index (χ2v) is 15.1. The Balaban J connectivity index is 3.60. The highest BCUT2D eigenvalue weighted by atomic mass is 35.5. The maximum Gasteiger partial charge on any atom is 0.0528 e. The molecule has 2 heteroatoms. The summed E-state index contributed by atoms with van der Waals surface area (Å²) in [6.45, 7) is 6.51.